The lowest BCUT2D eigenvalue weighted by Gasteiger charge is -2.15. The summed E-state index contributed by atoms with van der Waals surface area (Å²) in [4.78, 5) is 4.54. The van der Waals surface area contributed by atoms with Gasteiger partial charge >= 0.3 is 0 Å². The smallest absolute Gasteiger partial charge is 0.177 e. The molecule has 0 bridgehead atoms. The first-order valence-corrected chi connectivity index (χ1v) is 8.88. The zero-order chi connectivity index (χ0) is 14.8. The van der Waals surface area contributed by atoms with Crippen molar-refractivity contribution >= 4 is 22.6 Å². The quantitative estimate of drug-likeness (QED) is 0.844. The zero-order valence-corrected chi connectivity index (χ0v) is 14.0. The molecule has 1 saturated carbocycles. The minimum atomic E-state index is 0.731. The Balaban J connectivity index is 1.74. The lowest BCUT2D eigenvalue weighted by Crippen LogP contribution is -2.26. The van der Waals surface area contributed by atoms with Gasteiger partial charge in [0.15, 0.2) is 5.17 Å². The molecule has 1 fully saturated rings. The van der Waals surface area contributed by atoms with E-state index in [1.165, 1.54) is 36.2 Å². The number of nitrogens with zero attached hydrogens (tertiary/aromatic N) is 3. The Morgan fingerprint density at radius 2 is 2.24 bits per heavy atom. The van der Waals surface area contributed by atoms with Crippen molar-refractivity contribution in [3.05, 3.63) is 23.0 Å². The van der Waals surface area contributed by atoms with Gasteiger partial charge < -0.3 is 4.57 Å². The predicted molar refractivity (Wildman–Crippen MR) is 91.5 cm³/mol. The van der Waals surface area contributed by atoms with E-state index in [4.69, 9.17) is 0 Å². The Bertz CT molecular complexity index is 581. The summed E-state index contributed by atoms with van der Waals surface area (Å²) in [6, 6.07) is 3.02. The van der Waals surface area contributed by atoms with Crippen LogP contribution in [0.15, 0.2) is 16.2 Å². The van der Waals surface area contributed by atoms with Crippen LogP contribution >= 0.6 is 11.8 Å². The maximum absolute atomic E-state index is 4.56. The first-order chi connectivity index (χ1) is 10.2. The van der Waals surface area contributed by atoms with Crippen LogP contribution in [0.3, 0.4) is 0 Å². The Morgan fingerprint density at radius 3 is 2.86 bits per heavy atom. The van der Waals surface area contributed by atoms with Crippen molar-refractivity contribution in [1.29, 1.82) is 0 Å². The minimum Gasteiger partial charge on any atom is -0.345 e. The average Bonchev–Trinajstić information content (AvgIpc) is 3.26. The molecule has 3 rings (SSSR count). The van der Waals surface area contributed by atoms with Crippen molar-refractivity contribution in [1.82, 2.24) is 9.99 Å². The van der Waals surface area contributed by atoms with Crippen LogP contribution in [0.1, 0.15) is 55.6 Å². The van der Waals surface area contributed by atoms with Gasteiger partial charge in [-0.2, -0.15) is 5.10 Å². The second kappa shape index (κ2) is 6.26. The van der Waals surface area contributed by atoms with Crippen LogP contribution in [-0.2, 0) is 0 Å². The molecule has 0 aromatic carbocycles. The van der Waals surface area contributed by atoms with Crippen molar-refractivity contribution < 1.29 is 0 Å². The molecule has 1 aromatic heterocycles. The predicted octanol–water partition coefficient (Wildman–Crippen LogP) is 3.64. The van der Waals surface area contributed by atoms with Crippen molar-refractivity contribution in [2.45, 2.75) is 52.5 Å². The van der Waals surface area contributed by atoms with Crippen molar-refractivity contribution in [2.75, 3.05) is 12.3 Å². The fraction of sp³-hybridized carbons (Fsp3) is 0.625. The molecular formula is C16H24N4S. The molecule has 0 saturated heterocycles. The minimum absolute atomic E-state index is 0.731. The van der Waals surface area contributed by atoms with Gasteiger partial charge in [0.25, 0.3) is 0 Å². The molecule has 0 spiro atoms. The highest BCUT2D eigenvalue weighted by atomic mass is 32.2. The molecule has 4 nitrogen and oxygen atoms in total. The van der Waals surface area contributed by atoms with E-state index >= 15 is 0 Å². The van der Waals surface area contributed by atoms with E-state index in [0.717, 1.165) is 35.6 Å². The maximum Gasteiger partial charge on any atom is 0.177 e. The lowest BCUT2D eigenvalue weighted by molar-refractivity contribution is 0.699. The van der Waals surface area contributed by atoms with E-state index in [1.54, 1.807) is 11.8 Å². The summed E-state index contributed by atoms with van der Waals surface area (Å²) >= 11 is 1.76. The summed E-state index contributed by atoms with van der Waals surface area (Å²) < 4.78 is 2.48. The number of aryl methyl sites for hydroxylation is 1. The summed E-state index contributed by atoms with van der Waals surface area (Å²) in [6.45, 7) is 7.51. The first-order valence-electron chi connectivity index (χ1n) is 7.89. The fourth-order valence-electron chi connectivity index (χ4n) is 2.84. The van der Waals surface area contributed by atoms with Crippen molar-refractivity contribution in [3.8, 4) is 0 Å². The molecule has 0 radical (unpaired) electrons. The molecule has 0 amide bonds. The molecule has 2 aliphatic rings. The van der Waals surface area contributed by atoms with E-state index in [1.807, 2.05) is 0 Å². The van der Waals surface area contributed by atoms with Crippen molar-refractivity contribution in [3.63, 3.8) is 0 Å². The standard InChI is InChI=1S/C16H24N4S/c1-4-5-8-17-16-19-18-15(10-21-16)14-9-11(2)20(12(14)3)13-6-7-13/h9,13H,4-8,10H2,1-3H3,(H,17,19). The zero-order valence-electron chi connectivity index (χ0n) is 13.1. The average molecular weight is 304 g/mol. The Hall–Kier alpha value is -1.23. The second-order valence-electron chi connectivity index (χ2n) is 5.89. The van der Waals surface area contributed by atoms with Gasteiger partial charge in [-0.1, -0.05) is 25.1 Å². The normalized spacial score (nSPS) is 20.5. The van der Waals surface area contributed by atoms with Crippen LogP contribution in [0.4, 0.5) is 0 Å². The largest absolute Gasteiger partial charge is 0.345 e. The third kappa shape index (κ3) is 3.18. The topological polar surface area (TPSA) is 41.7 Å². The van der Waals surface area contributed by atoms with E-state index in [0.29, 0.717) is 0 Å². The summed E-state index contributed by atoms with van der Waals surface area (Å²) in [7, 11) is 0. The number of rotatable bonds is 5. The highest BCUT2D eigenvalue weighted by Crippen LogP contribution is 2.38. The summed E-state index contributed by atoms with van der Waals surface area (Å²) in [5.41, 5.74) is 8.29. The van der Waals surface area contributed by atoms with E-state index in [2.05, 4.69) is 46.9 Å². The van der Waals surface area contributed by atoms with Gasteiger partial charge in [-0.05, 0) is 39.2 Å². The molecule has 1 aromatic rings. The number of hydrazone groups is 1. The van der Waals surface area contributed by atoms with Gasteiger partial charge in [-0.15, -0.1) is 0 Å². The molecular weight excluding hydrogens is 280 g/mol. The molecule has 2 heterocycles. The molecule has 5 heteroatoms. The van der Waals surface area contributed by atoms with Gasteiger partial charge in [-0.3, -0.25) is 10.4 Å². The first kappa shape index (κ1) is 14.7. The number of amidine groups is 1. The molecule has 0 unspecified atom stereocenters. The second-order valence-corrected chi connectivity index (χ2v) is 6.85. The lowest BCUT2D eigenvalue weighted by atomic mass is 10.1. The molecule has 1 aliphatic carbocycles. The van der Waals surface area contributed by atoms with Crippen LogP contribution < -0.4 is 5.43 Å². The SMILES string of the molecule is CCCCN=C1NN=C(c2cc(C)n(C3CC3)c2C)CS1. The number of aromatic nitrogens is 1. The van der Waals surface area contributed by atoms with Gasteiger partial charge in [-0.25, -0.2) is 0 Å². The Kier molecular flexibility index (Phi) is 4.38. The van der Waals surface area contributed by atoms with E-state index in [9.17, 15) is 0 Å². The fourth-order valence-corrected chi connectivity index (χ4v) is 3.62. The van der Waals surface area contributed by atoms with E-state index in [-0.39, 0.29) is 0 Å². The Labute approximate surface area is 131 Å². The van der Waals surface area contributed by atoms with Crippen molar-refractivity contribution in [2.24, 2.45) is 10.1 Å². The molecule has 0 atom stereocenters. The number of nitrogens with one attached hydrogen (secondary N) is 1. The number of hydrogen-bond donors (Lipinski definition) is 1. The molecule has 21 heavy (non-hydrogen) atoms. The summed E-state index contributed by atoms with van der Waals surface area (Å²) in [6.07, 6.45) is 4.97. The number of unbranched alkanes of at least 4 members (excludes halogenated alkanes) is 1. The number of hydrogen-bond acceptors (Lipinski definition) is 3. The highest BCUT2D eigenvalue weighted by Gasteiger charge is 2.28. The summed E-state index contributed by atoms with van der Waals surface area (Å²) in [5.74, 6) is 0.910. The monoisotopic (exact) mass is 304 g/mol. The third-order valence-corrected chi connectivity index (χ3v) is 5.02. The van der Waals surface area contributed by atoms with E-state index < -0.39 is 0 Å². The Morgan fingerprint density at radius 1 is 1.43 bits per heavy atom. The summed E-state index contributed by atoms with van der Waals surface area (Å²) in [5, 5.41) is 5.52. The molecule has 114 valence electrons. The van der Waals surface area contributed by atoms with Gasteiger partial charge in [0.2, 0.25) is 0 Å². The van der Waals surface area contributed by atoms with Crippen LogP contribution in [-0.4, -0.2) is 27.7 Å². The third-order valence-electron chi connectivity index (χ3n) is 4.11. The van der Waals surface area contributed by atoms with Crippen LogP contribution in [0.25, 0.3) is 0 Å². The van der Waals surface area contributed by atoms with Crippen LogP contribution in [0.5, 0.6) is 0 Å². The van der Waals surface area contributed by atoms with Gasteiger partial charge in [0.05, 0.1) is 5.71 Å². The highest BCUT2D eigenvalue weighted by molar-refractivity contribution is 8.14. The number of aliphatic imine (C=N–C) groups is 1. The number of thioether (sulfide) groups is 1. The molecule has 1 aliphatic heterocycles. The van der Waals surface area contributed by atoms with Crippen LogP contribution in [0, 0.1) is 13.8 Å². The molecule has 1 N–H and O–H groups in total. The van der Waals surface area contributed by atoms with Gasteiger partial charge in [0, 0.05) is 35.3 Å². The van der Waals surface area contributed by atoms with Gasteiger partial charge in [0.1, 0.15) is 0 Å². The van der Waals surface area contributed by atoms with Crippen LogP contribution in [0.2, 0.25) is 0 Å². The maximum atomic E-state index is 4.56.